The number of hydrogen-bond donors (Lipinski definition) is 1. The summed E-state index contributed by atoms with van der Waals surface area (Å²) in [4.78, 5) is 20.3. The number of aliphatic imine (C=N–C) groups is 1. The molecule has 0 aliphatic carbocycles. The van der Waals surface area contributed by atoms with Crippen molar-refractivity contribution in [3.63, 3.8) is 0 Å². The predicted octanol–water partition coefficient (Wildman–Crippen LogP) is 4.01. The van der Waals surface area contributed by atoms with Gasteiger partial charge >= 0.3 is 0 Å². The van der Waals surface area contributed by atoms with Crippen LogP contribution >= 0.6 is 0 Å². The van der Waals surface area contributed by atoms with E-state index < -0.39 is 0 Å². The summed E-state index contributed by atoms with van der Waals surface area (Å²) in [7, 11) is 1.58. The third-order valence-corrected chi connectivity index (χ3v) is 3.75. The van der Waals surface area contributed by atoms with Gasteiger partial charge in [-0.3, -0.25) is 14.7 Å². The Morgan fingerprint density at radius 1 is 1.12 bits per heavy atom. The molecular formula is C21H28N4O. The minimum absolute atomic E-state index is 0.200. The van der Waals surface area contributed by atoms with Gasteiger partial charge in [0, 0.05) is 25.1 Å². The summed E-state index contributed by atoms with van der Waals surface area (Å²) in [5.41, 5.74) is 10.2. The van der Waals surface area contributed by atoms with Gasteiger partial charge in [0.25, 0.3) is 0 Å². The van der Waals surface area contributed by atoms with E-state index in [-0.39, 0.29) is 5.96 Å². The van der Waals surface area contributed by atoms with Crippen LogP contribution in [0, 0.1) is 0 Å². The number of benzene rings is 1. The van der Waals surface area contributed by atoms with E-state index in [0.29, 0.717) is 6.41 Å². The molecule has 2 rings (SSSR count). The van der Waals surface area contributed by atoms with E-state index >= 15 is 0 Å². The number of hydrogen-bond acceptors (Lipinski definition) is 3. The van der Waals surface area contributed by atoms with Crippen LogP contribution in [0.2, 0.25) is 0 Å². The van der Waals surface area contributed by atoms with E-state index in [1.807, 2.05) is 39.0 Å². The van der Waals surface area contributed by atoms with Gasteiger partial charge in [0.15, 0.2) is 0 Å². The van der Waals surface area contributed by atoms with Gasteiger partial charge in [0.2, 0.25) is 12.4 Å². The minimum atomic E-state index is 0.200. The van der Waals surface area contributed by atoms with Crippen molar-refractivity contribution in [2.45, 2.75) is 33.6 Å². The highest BCUT2D eigenvalue weighted by Gasteiger charge is 2.03. The molecule has 138 valence electrons. The van der Waals surface area contributed by atoms with E-state index in [1.165, 1.54) is 16.0 Å². The molecule has 0 radical (unpaired) electrons. The third kappa shape index (κ3) is 6.51. The van der Waals surface area contributed by atoms with Crippen LogP contribution < -0.4 is 5.73 Å². The van der Waals surface area contributed by atoms with Crippen LogP contribution in [0.3, 0.4) is 0 Å². The number of allylic oxidation sites excluding steroid dienone is 2. The maximum absolute atomic E-state index is 10.7. The highest BCUT2D eigenvalue weighted by molar-refractivity contribution is 5.87. The van der Waals surface area contributed by atoms with E-state index in [0.717, 1.165) is 24.1 Å². The summed E-state index contributed by atoms with van der Waals surface area (Å²) in [6.07, 6.45) is 7.76. The molecular weight excluding hydrogens is 324 g/mol. The molecule has 0 atom stereocenters. The van der Waals surface area contributed by atoms with Crippen molar-refractivity contribution in [2.75, 3.05) is 7.05 Å². The first kappa shape index (κ1) is 21.1. The van der Waals surface area contributed by atoms with Crippen molar-refractivity contribution in [3.05, 3.63) is 66.1 Å². The Morgan fingerprint density at radius 2 is 1.69 bits per heavy atom. The average Bonchev–Trinajstić information content (AvgIpc) is 2.72. The Morgan fingerprint density at radius 3 is 2.23 bits per heavy atom. The molecule has 1 aromatic heterocycles. The number of guanidine groups is 1. The molecule has 1 amide bonds. The second kappa shape index (κ2) is 11.6. The SMILES string of the molecule is C/C=C(/CCc1ccc(-c2ccncc2)cc1)N=C(N)N(C)C=O.CC. The normalized spacial score (nSPS) is 11.4. The van der Waals surface area contributed by atoms with Gasteiger partial charge in [0.1, 0.15) is 0 Å². The van der Waals surface area contributed by atoms with Crippen LogP contribution in [0.1, 0.15) is 32.8 Å². The lowest BCUT2D eigenvalue weighted by atomic mass is 10.0. The Bertz CT molecular complexity index is 721. The smallest absolute Gasteiger partial charge is 0.216 e. The summed E-state index contributed by atoms with van der Waals surface area (Å²) >= 11 is 0. The number of carbonyl (C=O) groups excluding carboxylic acids is 1. The quantitative estimate of drug-likeness (QED) is 0.485. The first-order chi connectivity index (χ1) is 12.6. The Labute approximate surface area is 156 Å². The molecule has 0 unspecified atom stereocenters. The average molecular weight is 352 g/mol. The molecule has 0 saturated carbocycles. The Hall–Kier alpha value is -2.95. The number of pyridine rings is 1. The summed E-state index contributed by atoms with van der Waals surface area (Å²) in [5.74, 6) is 0.200. The molecule has 2 N–H and O–H groups in total. The molecule has 1 heterocycles. The Kier molecular flexibility index (Phi) is 9.39. The lowest BCUT2D eigenvalue weighted by Gasteiger charge is -2.10. The standard InChI is InChI=1S/C19H22N4O.C2H6/c1-3-18(22-19(20)23(2)14-24)9-6-15-4-7-16(8-5-15)17-10-12-21-13-11-17;1-2/h3-5,7-8,10-14H,6,9H2,1-2H3,(H2,20,22);1-2H3/b18-3-;. The molecule has 0 aliphatic rings. The van der Waals surface area contributed by atoms with Gasteiger partial charge in [-0.05, 0) is 48.6 Å². The van der Waals surface area contributed by atoms with E-state index in [4.69, 9.17) is 5.73 Å². The van der Waals surface area contributed by atoms with Crippen LogP contribution in [0.5, 0.6) is 0 Å². The molecule has 0 saturated heterocycles. The van der Waals surface area contributed by atoms with Crippen LogP contribution in [-0.4, -0.2) is 29.3 Å². The van der Waals surface area contributed by atoms with Gasteiger partial charge in [-0.25, -0.2) is 4.99 Å². The van der Waals surface area contributed by atoms with Crippen molar-refractivity contribution < 1.29 is 4.79 Å². The first-order valence-electron chi connectivity index (χ1n) is 8.81. The molecule has 26 heavy (non-hydrogen) atoms. The predicted molar refractivity (Wildman–Crippen MR) is 109 cm³/mol. The fourth-order valence-corrected chi connectivity index (χ4v) is 2.23. The van der Waals surface area contributed by atoms with Crippen molar-refractivity contribution in [1.82, 2.24) is 9.88 Å². The van der Waals surface area contributed by atoms with Crippen molar-refractivity contribution in [1.29, 1.82) is 0 Å². The van der Waals surface area contributed by atoms with Gasteiger partial charge in [0.05, 0.1) is 0 Å². The van der Waals surface area contributed by atoms with Crippen molar-refractivity contribution in [3.8, 4) is 11.1 Å². The topological polar surface area (TPSA) is 71.6 Å². The lowest BCUT2D eigenvalue weighted by Crippen LogP contribution is -2.32. The fraction of sp³-hybridized carbons (Fsp3) is 0.286. The highest BCUT2D eigenvalue weighted by atomic mass is 16.1. The second-order valence-corrected chi connectivity index (χ2v) is 5.40. The second-order valence-electron chi connectivity index (χ2n) is 5.40. The number of rotatable bonds is 6. The van der Waals surface area contributed by atoms with Gasteiger partial charge < -0.3 is 5.73 Å². The molecule has 2 aromatic rings. The summed E-state index contributed by atoms with van der Waals surface area (Å²) in [5, 5.41) is 0. The van der Waals surface area contributed by atoms with Crippen molar-refractivity contribution in [2.24, 2.45) is 10.7 Å². The van der Waals surface area contributed by atoms with Crippen LogP contribution in [0.15, 0.2) is 65.6 Å². The first-order valence-corrected chi connectivity index (χ1v) is 8.81. The Balaban J connectivity index is 0.00000163. The minimum Gasteiger partial charge on any atom is -0.369 e. The zero-order chi connectivity index (χ0) is 19.4. The maximum atomic E-state index is 10.7. The summed E-state index contributed by atoms with van der Waals surface area (Å²) < 4.78 is 0. The molecule has 0 spiro atoms. The zero-order valence-electron chi connectivity index (χ0n) is 16.0. The van der Waals surface area contributed by atoms with Gasteiger partial charge in [-0.1, -0.05) is 44.2 Å². The van der Waals surface area contributed by atoms with Crippen LogP contribution in [0.4, 0.5) is 0 Å². The fourth-order valence-electron chi connectivity index (χ4n) is 2.23. The van der Waals surface area contributed by atoms with Gasteiger partial charge in [-0.2, -0.15) is 0 Å². The zero-order valence-corrected chi connectivity index (χ0v) is 16.0. The number of aromatic nitrogens is 1. The number of nitrogens with zero attached hydrogens (tertiary/aromatic N) is 3. The van der Waals surface area contributed by atoms with E-state index in [1.54, 1.807) is 19.4 Å². The monoisotopic (exact) mass is 352 g/mol. The maximum Gasteiger partial charge on any atom is 0.216 e. The third-order valence-electron chi connectivity index (χ3n) is 3.75. The van der Waals surface area contributed by atoms with Gasteiger partial charge in [-0.15, -0.1) is 0 Å². The highest BCUT2D eigenvalue weighted by Crippen LogP contribution is 2.20. The van der Waals surface area contributed by atoms with E-state index in [9.17, 15) is 4.79 Å². The van der Waals surface area contributed by atoms with Crippen LogP contribution in [0.25, 0.3) is 11.1 Å². The number of carbonyl (C=O) groups is 1. The number of aryl methyl sites for hydroxylation is 1. The summed E-state index contributed by atoms with van der Waals surface area (Å²) in [6, 6.07) is 12.4. The molecule has 1 aromatic carbocycles. The van der Waals surface area contributed by atoms with E-state index in [2.05, 4.69) is 34.2 Å². The molecule has 0 fully saturated rings. The largest absolute Gasteiger partial charge is 0.369 e. The molecule has 5 nitrogen and oxygen atoms in total. The number of amides is 1. The van der Waals surface area contributed by atoms with Crippen molar-refractivity contribution >= 4 is 12.4 Å². The number of nitrogens with two attached hydrogens (primary N) is 1. The molecule has 5 heteroatoms. The van der Waals surface area contributed by atoms with Crippen LogP contribution in [-0.2, 0) is 11.2 Å². The summed E-state index contributed by atoms with van der Waals surface area (Å²) in [6.45, 7) is 5.92. The molecule has 0 bridgehead atoms. The lowest BCUT2D eigenvalue weighted by molar-refractivity contribution is -0.114. The molecule has 0 aliphatic heterocycles.